The second-order valence-corrected chi connectivity index (χ2v) is 6.11. The molecule has 1 amide bonds. The van der Waals surface area contributed by atoms with Gasteiger partial charge in [-0.1, -0.05) is 0 Å². The zero-order valence-electron chi connectivity index (χ0n) is 13.7. The molecule has 0 radical (unpaired) electrons. The molecular formula is C17H25N3O3. The van der Waals surface area contributed by atoms with Crippen molar-refractivity contribution in [3.8, 4) is 0 Å². The summed E-state index contributed by atoms with van der Waals surface area (Å²) in [7, 11) is 2.14. The topological polar surface area (TPSA) is 54.0 Å². The number of benzene rings is 1. The van der Waals surface area contributed by atoms with Crippen LogP contribution in [-0.2, 0) is 9.47 Å². The molecule has 0 saturated carbocycles. The molecule has 6 nitrogen and oxygen atoms in total. The number of hydrogen-bond acceptors (Lipinski definition) is 5. The van der Waals surface area contributed by atoms with E-state index in [2.05, 4.69) is 22.2 Å². The Hall–Kier alpha value is -1.63. The van der Waals surface area contributed by atoms with Crippen LogP contribution in [0.15, 0.2) is 24.3 Å². The normalized spacial score (nSPS) is 22.8. The summed E-state index contributed by atoms with van der Waals surface area (Å²) >= 11 is 0. The van der Waals surface area contributed by atoms with Crippen molar-refractivity contribution in [1.29, 1.82) is 0 Å². The van der Waals surface area contributed by atoms with Gasteiger partial charge in [0.05, 0.1) is 25.9 Å². The van der Waals surface area contributed by atoms with Crippen molar-refractivity contribution in [3.63, 3.8) is 0 Å². The van der Waals surface area contributed by atoms with Crippen LogP contribution in [0.1, 0.15) is 10.4 Å². The summed E-state index contributed by atoms with van der Waals surface area (Å²) in [6.07, 6.45) is -0.0442. The van der Waals surface area contributed by atoms with Gasteiger partial charge in [-0.3, -0.25) is 4.79 Å². The van der Waals surface area contributed by atoms with Gasteiger partial charge in [-0.15, -0.1) is 0 Å². The summed E-state index contributed by atoms with van der Waals surface area (Å²) in [5, 5.41) is 2.91. The molecule has 23 heavy (non-hydrogen) atoms. The lowest BCUT2D eigenvalue weighted by Gasteiger charge is -2.34. The third-order valence-corrected chi connectivity index (χ3v) is 4.37. The Morgan fingerprint density at radius 3 is 2.57 bits per heavy atom. The van der Waals surface area contributed by atoms with Gasteiger partial charge in [0.2, 0.25) is 0 Å². The van der Waals surface area contributed by atoms with Crippen LogP contribution >= 0.6 is 0 Å². The minimum absolute atomic E-state index is 0.0442. The van der Waals surface area contributed by atoms with Crippen LogP contribution in [0.4, 0.5) is 5.69 Å². The first-order valence-corrected chi connectivity index (χ1v) is 8.23. The number of piperazine rings is 1. The lowest BCUT2D eigenvalue weighted by Crippen LogP contribution is -2.44. The smallest absolute Gasteiger partial charge is 0.251 e. The molecule has 0 spiro atoms. The second-order valence-electron chi connectivity index (χ2n) is 6.11. The van der Waals surface area contributed by atoms with Crippen LogP contribution in [0, 0.1) is 0 Å². The molecule has 2 saturated heterocycles. The molecule has 3 rings (SSSR count). The van der Waals surface area contributed by atoms with Crippen LogP contribution in [-0.4, -0.2) is 76.5 Å². The average molecular weight is 319 g/mol. The zero-order valence-corrected chi connectivity index (χ0v) is 13.7. The highest BCUT2D eigenvalue weighted by Gasteiger charge is 2.17. The van der Waals surface area contributed by atoms with Crippen molar-refractivity contribution >= 4 is 11.6 Å². The monoisotopic (exact) mass is 319 g/mol. The molecule has 2 aliphatic rings. The maximum Gasteiger partial charge on any atom is 0.251 e. The van der Waals surface area contributed by atoms with E-state index >= 15 is 0 Å². The van der Waals surface area contributed by atoms with E-state index in [0.29, 0.717) is 31.9 Å². The third-order valence-electron chi connectivity index (χ3n) is 4.37. The number of ether oxygens (including phenoxy) is 2. The van der Waals surface area contributed by atoms with Crippen LogP contribution < -0.4 is 10.2 Å². The van der Waals surface area contributed by atoms with Crippen molar-refractivity contribution < 1.29 is 14.3 Å². The van der Waals surface area contributed by atoms with Gasteiger partial charge in [0.25, 0.3) is 5.91 Å². The first-order chi connectivity index (χ1) is 11.2. The molecule has 2 heterocycles. The maximum absolute atomic E-state index is 12.2. The van der Waals surface area contributed by atoms with Crippen LogP contribution in [0.3, 0.4) is 0 Å². The van der Waals surface area contributed by atoms with Gasteiger partial charge in [0, 0.05) is 44.0 Å². The third kappa shape index (κ3) is 4.43. The Kier molecular flexibility index (Phi) is 5.48. The highest BCUT2D eigenvalue weighted by Crippen LogP contribution is 2.17. The molecule has 0 aliphatic carbocycles. The van der Waals surface area contributed by atoms with E-state index in [9.17, 15) is 4.79 Å². The van der Waals surface area contributed by atoms with Gasteiger partial charge in [-0.05, 0) is 31.3 Å². The number of nitrogens with one attached hydrogen (secondary N) is 1. The predicted molar refractivity (Wildman–Crippen MR) is 89.0 cm³/mol. The van der Waals surface area contributed by atoms with Crippen LogP contribution in [0.5, 0.6) is 0 Å². The molecule has 0 unspecified atom stereocenters. The Balaban J connectivity index is 1.50. The highest BCUT2D eigenvalue weighted by atomic mass is 16.6. The van der Waals surface area contributed by atoms with E-state index in [1.165, 1.54) is 5.69 Å². The lowest BCUT2D eigenvalue weighted by atomic mass is 10.1. The number of hydrogen-bond donors (Lipinski definition) is 1. The molecule has 1 atom stereocenters. The fraction of sp³-hybridized carbons (Fsp3) is 0.588. The summed E-state index contributed by atoms with van der Waals surface area (Å²) in [6, 6.07) is 7.84. The number of rotatable bonds is 4. The van der Waals surface area contributed by atoms with Gasteiger partial charge in [0.1, 0.15) is 0 Å². The van der Waals surface area contributed by atoms with Gasteiger partial charge < -0.3 is 24.6 Å². The molecule has 2 fully saturated rings. The lowest BCUT2D eigenvalue weighted by molar-refractivity contribution is -0.0855. The molecule has 2 aliphatic heterocycles. The fourth-order valence-corrected chi connectivity index (χ4v) is 2.85. The van der Waals surface area contributed by atoms with Gasteiger partial charge >= 0.3 is 0 Å². The quantitative estimate of drug-likeness (QED) is 0.880. The van der Waals surface area contributed by atoms with E-state index in [0.717, 1.165) is 26.2 Å². The van der Waals surface area contributed by atoms with Crippen molar-refractivity contribution in [2.24, 2.45) is 0 Å². The minimum Gasteiger partial charge on any atom is -0.376 e. The zero-order chi connectivity index (χ0) is 16.1. The molecule has 0 aromatic heterocycles. The number of carbonyl (C=O) groups is 1. The van der Waals surface area contributed by atoms with E-state index < -0.39 is 0 Å². The molecule has 0 bridgehead atoms. The standard InChI is InChI=1S/C17H25N3O3/c1-19-6-8-20(9-7-19)15-4-2-14(3-5-15)17(21)18-12-16-13-22-10-11-23-16/h2-5,16H,6-13H2,1H3,(H,18,21)/t16-/m1/s1. The molecule has 6 heteroatoms. The van der Waals surface area contributed by atoms with E-state index in [1.807, 2.05) is 24.3 Å². The first-order valence-electron chi connectivity index (χ1n) is 8.23. The van der Waals surface area contributed by atoms with Crippen molar-refractivity contribution in [2.45, 2.75) is 6.10 Å². The van der Waals surface area contributed by atoms with Crippen LogP contribution in [0.25, 0.3) is 0 Å². The summed E-state index contributed by atoms with van der Waals surface area (Å²) < 4.78 is 10.8. The molecule has 126 valence electrons. The number of nitrogens with zero attached hydrogens (tertiary/aromatic N) is 2. The summed E-state index contributed by atoms with van der Waals surface area (Å²) in [4.78, 5) is 16.9. The Morgan fingerprint density at radius 1 is 1.17 bits per heavy atom. The van der Waals surface area contributed by atoms with Crippen molar-refractivity contribution in [3.05, 3.63) is 29.8 Å². The number of carbonyl (C=O) groups excluding carboxylic acids is 1. The second kappa shape index (κ2) is 7.77. The van der Waals surface area contributed by atoms with Crippen molar-refractivity contribution in [2.75, 3.05) is 64.5 Å². The van der Waals surface area contributed by atoms with E-state index in [1.54, 1.807) is 0 Å². The number of anilines is 1. The summed E-state index contributed by atoms with van der Waals surface area (Å²) in [6.45, 7) is 6.47. The first kappa shape index (κ1) is 16.2. The average Bonchev–Trinajstić information content (AvgIpc) is 2.61. The summed E-state index contributed by atoms with van der Waals surface area (Å²) in [5.41, 5.74) is 1.86. The Bertz CT molecular complexity index is 506. The van der Waals surface area contributed by atoms with Crippen molar-refractivity contribution in [1.82, 2.24) is 10.2 Å². The Labute approximate surface area is 137 Å². The SMILES string of the molecule is CN1CCN(c2ccc(C(=O)NC[C@@H]3COCCO3)cc2)CC1. The predicted octanol–water partition coefficient (Wildman–Crippen LogP) is 0.584. The molecular weight excluding hydrogens is 294 g/mol. The Morgan fingerprint density at radius 2 is 1.91 bits per heavy atom. The molecule has 1 N–H and O–H groups in total. The number of amides is 1. The molecule has 1 aromatic rings. The largest absolute Gasteiger partial charge is 0.376 e. The number of likely N-dealkylation sites (N-methyl/N-ethyl adjacent to an activating group) is 1. The van der Waals surface area contributed by atoms with Crippen LogP contribution in [0.2, 0.25) is 0 Å². The maximum atomic E-state index is 12.2. The molecule has 1 aromatic carbocycles. The van der Waals surface area contributed by atoms with Gasteiger partial charge in [-0.2, -0.15) is 0 Å². The summed E-state index contributed by atoms with van der Waals surface area (Å²) in [5.74, 6) is -0.0656. The van der Waals surface area contributed by atoms with Gasteiger partial charge in [-0.25, -0.2) is 0 Å². The van der Waals surface area contributed by atoms with E-state index in [4.69, 9.17) is 9.47 Å². The highest BCUT2D eigenvalue weighted by molar-refractivity contribution is 5.94. The van der Waals surface area contributed by atoms with Gasteiger partial charge in [0.15, 0.2) is 0 Å². The van der Waals surface area contributed by atoms with E-state index in [-0.39, 0.29) is 12.0 Å². The fourth-order valence-electron chi connectivity index (χ4n) is 2.85. The minimum atomic E-state index is -0.0656.